The minimum Gasteiger partial charge on any atom is -0.481 e. The van der Waals surface area contributed by atoms with Crippen LogP contribution in [0.4, 0.5) is 0 Å². The van der Waals surface area contributed by atoms with E-state index in [2.05, 4.69) is 21.3 Å². The fraction of sp³-hybridized carbons (Fsp3) is 0.792. The van der Waals surface area contributed by atoms with E-state index in [9.17, 15) is 29.1 Å². The maximum absolute atomic E-state index is 11.9. The average Bonchev–Trinajstić information content (AvgIpc) is 2.88. The summed E-state index contributed by atoms with van der Waals surface area (Å²) in [6.45, 7) is 2.22. The van der Waals surface area contributed by atoms with E-state index in [1.165, 1.54) is 0 Å². The van der Waals surface area contributed by atoms with Gasteiger partial charge >= 0.3 is 11.9 Å². The Morgan fingerprint density at radius 2 is 1.21 bits per heavy atom. The van der Waals surface area contributed by atoms with Crippen LogP contribution in [0.25, 0.3) is 0 Å². The number of hydrogen-bond donors (Lipinski definition) is 6. The van der Waals surface area contributed by atoms with Gasteiger partial charge in [0.25, 0.3) is 0 Å². The second kappa shape index (κ2) is 25.4. The molecule has 15 nitrogen and oxygen atoms in total. The van der Waals surface area contributed by atoms with Crippen LogP contribution in [0.1, 0.15) is 38.5 Å². The van der Waals surface area contributed by atoms with Gasteiger partial charge in [0.05, 0.1) is 39.6 Å². The first kappa shape index (κ1) is 36.1. The van der Waals surface area contributed by atoms with Gasteiger partial charge in [-0.25, -0.2) is 4.79 Å². The highest BCUT2D eigenvalue weighted by Gasteiger charge is 2.19. The summed E-state index contributed by atoms with van der Waals surface area (Å²) < 4.78 is 20.9. The molecule has 0 aliphatic rings. The summed E-state index contributed by atoms with van der Waals surface area (Å²) in [7, 11) is 1.82. The van der Waals surface area contributed by atoms with Gasteiger partial charge in [0, 0.05) is 25.9 Å². The molecule has 1 unspecified atom stereocenters. The second-order valence-corrected chi connectivity index (χ2v) is 8.33. The maximum atomic E-state index is 11.9. The summed E-state index contributed by atoms with van der Waals surface area (Å²) in [6.07, 6.45) is 2.22. The summed E-state index contributed by atoms with van der Waals surface area (Å²) >= 11 is 0. The van der Waals surface area contributed by atoms with Crippen LogP contribution < -0.4 is 21.3 Å². The lowest BCUT2D eigenvalue weighted by molar-refractivity contribution is -0.143. The summed E-state index contributed by atoms with van der Waals surface area (Å²) in [5.41, 5.74) is 0. The number of carboxylic acid groups (broad SMARTS) is 2. The highest BCUT2D eigenvalue weighted by atomic mass is 16.5. The standard InChI is InChI=1S/C24H44N4O11/c1-25-8-3-2-5-19(24(34)35)28-22(31)18-39-16-14-37-12-10-27-21(30)17-38-15-13-36-11-9-26-20(29)6-4-7-23(32)33/h19,25H,2-18H2,1H3,(H,26,29)(H,27,30)(H,28,31)(H,32,33)(H,34,35). The van der Waals surface area contributed by atoms with E-state index in [-0.39, 0.29) is 90.5 Å². The third-order valence-corrected chi connectivity index (χ3v) is 4.94. The van der Waals surface area contributed by atoms with Crippen LogP contribution in [-0.4, -0.2) is 125 Å². The SMILES string of the molecule is CNCCCCC(NC(=O)COCCOCCNC(=O)COCCOCCNC(=O)CCCC(=O)O)C(=O)O. The molecule has 0 saturated carbocycles. The third kappa shape index (κ3) is 25.2. The molecule has 0 aromatic rings. The molecule has 0 aromatic heterocycles. The van der Waals surface area contributed by atoms with E-state index >= 15 is 0 Å². The van der Waals surface area contributed by atoms with Crippen molar-refractivity contribution < 1.29 is 53.1 Å². The molecule has 0 fully saturated rings. The molecule has 39 heavy (non-hydrogen) atoms. The van der Waals surface area contributed by atoms with E-state index in [4.69, 9.17) is 24.1 Å². The topological polar surface area (TPSA) is 211 Å². The number of unbranched alkanes of at least 4 members (excludes halogenated alkanes) is 1. The lowest BCUT2D eigenvalue weighted by Gasteiger charge is -2.14. The van der Waals surface area contributed by atoms with Crippen molar-refractivity contribution in [3.63, 3.8) is 0 Å². The highest BCUT2D eigenvalue weighted by molar-refractivity contribution is 5.84. The predicted octanol–water partition coefficient (Wildman–Crippen LogP) is -1.50. The molecule has 15 heteroatoms. The molecule has 0 aromatic carbocycles. The summed E-state index contributed by atoms with van der Waals surface area (Å²) in [5.74, 6) is -3.08. The summed E-state index contributed by atoms with van der Waals surface area (Å²) in [6, 6.07) is -0.947. The molecular formula is C24H44N4O11. The zero-order valence-corrected chi connectivity index (χ0v) is 22.7. The zero-order valence-electron chi connectivity index (χ0n) is 22.7. The van der Waals surface area contributed by atoms with Crippen molar-refractivity contribution in [1.82, 2.24) is 21.3 Å². The van der Waals surface area contributed by atoms with Crippen LogP contribution in [0, 0.1) is 0 Å². The lowest BCUT2D eigenvalue weighted by atomic mass is 10.1. The second-order valence-electron chi connectivity index (χ2n) is 8.33. The summed E-state index contributed by atoms with van der Waals surface area (Å²) in [4.78, 5) is 56.6. The molecular weight excluding hydrogens is 520 g/mol. The van der Waals surface area contributed by atoms with Crippen molar-refractivity contribution in [1.29, 1.82) is 0 Å². The molecule has 0 spiro atoms. The minimum atomic E-state index is -1.08. The average molecular weight is 565 g/mol. The van der Waals surface area contributed by atoms with Crippen molar-refractivity contribution in [2.75, 3.05) is 79.5 Å². The van der Waals surface area contributed by atoms with E-state index in [1.807, 2.05) is 7.05 Å². The lowest BCUT2D eigenvalue weighted by Crippen LogP contribution is -2.42. The van der Waals surface area contributed by atoms with Crippen molar-refractivity contribution in [2.24, 2.45) is 0 Å². The number of ether oxygens (including phenoxy) is 4. The van der Waals surface area contributed by atoms with Gasteiger partial charge in [-0.05, 0) is 39.3 Å². The molecule has 0 saturated heterocycles. The number of carbonyl (C=O) groups is 5. The Morgan fingerprint density at radius 1 is 0.641 bits per heavy atom. The molecule has 226 valence electrons. The number of carboxylic acids is 2. The fourth-order valence-electron chi connectivity index (χ4n) is 2.98. The normalized spacial score (nSPS) is 11.5. The number of hydrogen-bond acceptors (Lipinski definition) is 10. The van der Waals surface area contributed by atoms with E-state index in [0.717, 1.165) is 13.0 Å². The minimum absolute atomic E-state index is 0.0462. The van der Waals surface area contributed by atoms with Gasteiger partial charge in [-0.15, -0.1) is 0 Å². The van der Waals surface area contributed by atoms with Crippen LogP contribution in [0.2, 0.25) is 0 Å². The quantitative estimate of drug-likeness (QED) is 0.0630. The van der Waals surface area contributed by atoms with Crippen LogP contribution in [-0.2, 0) is 42.9 Å². The van der Waals surface area contributed by atoms with Crippen molar-refractivity contribution in [2.45, 2.75) is 44.6 Å². The van der Waals surface area contributed by atoms with Crippen molar-refractivity contribution >= 4 is 29.7 Å². The van der Waals surface area contributed by atoms with Crippen LogP contribution in [0.3, 0.4) is 0 Å². The van der Waals surface area contributed by atoms with Gasteiger partial charge in [-0.3, -0.25) is 19.2 Å². The Balaban J connectivity index is 3.54. The third-order valence-electron chi connectivity index (χ3n) is 4.94. The number of carbonyl (C=O) groups excluding carboxylic acids is 3. The van der Waals surface area contributed by atoms with Gasteiger partial charge in [-0.2, -0.15) is 0 Å². The molecule has 1 atom stereocenters. The molecule has 6 N–H and O–H groups in total. The van der Waals surface area contributed by atoms with Gasteiger partial charge in [-0.1, -0.05) is 0 Å². The molecule has 0 radical (unpaired) electrons. The molecule has 0 heterocycles. The number of nitrogens with one attached hydrogen (secondary N) is 4. The molecule has 3 amide bonds. The van der Waals surface area contributed by atoms with Gasteiger partial charge < -0.3 is 50.4 Å². The number of rotatable bonds is 27. The number of aliphatic carboxylic acids is 2. The maximum Gasteiger partial charge on any atom is 0.326 e. The Labute approximate surface area is 228 Å². The van der Waals surface area contributed by atoms with E-state index in [1.54, 1.807) is 0 Å². The van der Waals surface area contributed by atoms with Gasteiger partial charge in [0.15, 0.2) is 0 Å². The molecule has 0 rings (SSSR count). The van der Waals surface area contributed by atoms with Crippen molar-refractivity contribution in [3.8, 4) is 0 Å². The smallest absolute Gasteiger partial charge is 0.326 e. The highest BCUT2D eigenvalue weighted by Crippen LogP contribution is 2.01. The van der Waals surface area contributed by atoms with Crippen LogP contribution in [0.5, 0.6) is 0 Å². The monoisotopic (exact) mass is 564 g/mol. The first-order valence-corrected chi connectivity index (χ1v) is 13.0. The Morgan fingerprint density at radius 3 is 1.77 bits per heavy atom. The van der Waals surface area contributed by atoms with Gasteiger partial charge in [0.2, 0.25) is 17.7 Å². The summed E-state index contributed by atoms with van der Waals surface area (Å²) in [5, 5.41) is 28.4. The number of amides is 3. The fourth-order valence-corrected chi connectivity index (χ4v) is 2.98. The first-order valence-electron chi connectivity index (χ1n) is 13.0. The largest absolute Gasteiger partial charge is 0.481 e. The van der Waals surface area contributed by atoms with Crippen LogP contribution >= 0.6 is 0 Å². The Kier molecular flexibility index (Phi) is 23.6. The predicted molar refractivity (Wildman–Crippen MR) is 138 cm³/mol. The zero-order chi connectivity index (χ0) is 29.1. The molecule has 0 aliphatic carbocycles. The van der Waals surface area contributed by atoms with E-state index in [0.29, 0.717) is 19.4 Å². The van der Waals surface area contributed by atoms with E-state index < -0.39 is 23.9 Å². The molecule has 0 aliphatic heterocycles. The van der Waals surface area contributed by atoms with Crippen molar-refractivity contribution in [3.05, 3.63) is 0 Å². The first-order chi connectivity index (χ1) is 18.8. The Hall–Kier alpha value is -2.85. The Bertz CT molecular complexity index is 710. The van der Waals surface area contributed by atoms with Crippen LogP contribution in [0.15, 0.2) is 0 Å². The molecule has 0 bridgehead atoms. The van der Waals surface area contributed by atoms with Gasteiger partial charge in [0.1, 0.15) is 19.3 Å².